The molecule has 0 aliphatic heterocycles. The Hall–Kier alpha value is -2.82. The van der Waals surface area contributed by atoms with Gasteiger partial charge in [-0.05, 0) is 12.1 Å². The Morgan fingerprint density at radius 1 is 1.33 bits per heavy atom. The Kier molecular flexibility index (Phi) is 4.93. The lowest BCUT2D eigenvalue weighted by Gasteiger charge is -2.09. The van der Waals surface area contributed by atoms with Gasteiger partial charge in [0.2, 0.25) is 5.91 Å². The number of aryl methyl sites for hydroxylation is 1. The van der Waals surface area contributed by atoms with Crippen molar-refractivity contribution < 1.29 is 28.0 Å². The lowest BCUT2D eigenvalue weighted by atomic mass is 10.2. The van der Waals surface area contributed by atoms with Crippen LogP contribution in [0.1, 0.15) is 22.5 Å². The summed E-state index contributed by atoms with van der Waals surface area (Å²) in [5.74, 6) is -1.47. The van der Waals surface area contributed by atoms with E-state index in [0.717, 1.165) is 0 Å². The van der Waals surface area contributed by atoms with E-state index >= 15 is 0 Å². The monoisotopic (exact) mass is 345 g/mol. The first-order valence-electron chi connectivity index (χ1n) is 6.75. The SMILES string of the molecule is NC(=O)c1ccc2nc(NCC(=O)NO)c(CCC(F)(F)F)n2c1. The van der Waals surface area contributed by atoms with Gasteiger partial charge in [-0.3, -0.25) is 14.8 Å². The highest BCUT2D eigenvalue weighted by molar-refractivity contribution is 5.92. The number of pyridine rings is 1. The highest BCUT2D eigenvalue weighted by Crippen LogP contribution is 2.26. The topological polar surface area (TPSA) is 122 Å². The maximum absolute atomic E-state index is 12.5. The lowest BCUT2D eigenvalue weighted by molar-refractivity contribution is -0.134. The zero-order chi connectivity index (χ0) is 17.9. The minimum atomic E-state index is -4.38. The van der Waals surface area contributed by atoms with Crippen molar-refractivity contribution in [1.82, 2.24) is 14.9 Å². The van der Waals surface area contributed by atoms with Crippen LogP contribution >= 0.6 is 0 Å². The van der Waals surface area contributed by atoms with Gasteiger partial charge in [0.15, 0.2) is 0 Å². The smallest absolute Gasteiger partial charge is 0.366 e. The van der Waals surface area contributed by atoms with Crippen molar-refractivity contribution in [3.05, 3.63) is 29.6 Å². The molecule has 0 saturated heterocycles. The summed E-state index contributed by atoms with van der Waals surface area (Å²) in [6.07, 6.45) is -4.63. The fourth-order valence-corrected chi connectivity index (χ4v) is 2.08. The molecule has 2 rings (SSSR count). The molecule has 8 nitrogen and oxygen atoms in total. The quantitative estimate of drug-likeness (QED) is 0.457. The summed E-state index contributed by atoms with van der Waals surface area (Å²) in [7, 11) is 0. The third-order valence-electron chi connectivity index (χ3n) is 3.19. The third kappa shape index (κ3) is 4.13. The van der Waals surface area contributed by atoms with Gasteiger partial charge < -0.3 is 15.5 Å². The van der Waals surface area contributed by atoms with Crippen LogP contribution in [0.15, 0.2) is 18.3 Å². The average molecular weight is 345 g/mol. The molecule has 0 saturated carbocycles. The minimum absolute atomic E-state index is 0.0458. The van der Waals surface area contributed by atoms with Gasteiger partial charge in [-0.25, -0.2) is 10.5 Å². The molecule has 0 unspecified atom stereocenters. The lowest BCUT2D eigenvalue weighted by Crippen LogP contribution is -2.27. The molecular formula is C13H14F3N5O3. The number of rotatable bonds is 6. The average Bonchev–Trinajstić information content (AvgIpc) is 2.86. The van der Waals surface area contributed by atoms with E-state index in [-0.39, 0.29) is 29.3 Å². The maximum Gasteiger partial charge on any atom is 0.389 e. The zero-order valence-corrected chi connectivity index (χ0v) is 12.2. The fraction of sp³-hybridized carbons (Fsp3) is 0.308. The standard InChI is InChI=1S/C13H14F3N5O3/c14-13(15,16)4-3-8-12(18-5-10(22)20-24)19-9-2-1-7(11(17)23)6-21(8)9/h1-2,6,18,24H,3-5H2,(H2,17,23)(H,20,22). The third-order valence-corrected chi connectivity index (χ3v) is 3.19. The van der Waals surface area contributed by atoms with E-state index in [0.29, 0.717) is 0 Å². The normalized spacial score (nSPS) is 11.5. The number of fused-ring (bicyclic) bond motifs is 1. The summed E-state index contributed by atoms with van der Waals surface area (Å²) in [5, 5.41) is 11.0. The molecule has 130 valence electrons. The number of carbonyl (C=O) groups excluding carboxylic acids is 2. The molecule has 0 aliphatic rings. The van der Waals surface area contributed by atoms with E-state index in [1.807, 2.05) is 0 Å². The van der Waals surface area contributed by atoms with Crippen LogP contribution in [0.2, 0.25) is 0 Å². The first-order chi connectivity index (χ1) is 11.2. The number of nitrogens with zero attached hydrogens (tertiary/aromatic N) is 2. The van der Waals surface area contributed by atoms with Gasteiger partial charge in [-0.1, -0.05) is 0 Å². The van der Waals surface area contributed by atoms with Crippen LogP contribution in [0, 0.1) is 0 Å². The van der Waals surface area contributed by atoms with Crippen LogP contribution in [0.5, 0.6) is 0 Å². The largest absolute Gasteiger partial charge is 0.389 e. The van der Waals surface area contributed by atoms with Crippen molar-refractivity contribution >= 4 is 23.3 Å². The highest BCUT2D eigenvalue weighted by atomic mass is 19.4. The van der Waals surface area contributed by atoms with Gasteiger partial charge in [0, 0.05) is 19.0 Å². The number of primary amides is 1. The molecule has 0 aromatic carbocycles. The Bertz CT molecular complexity index is 772. The minimum Gasteiger partial charge on any atom is -0.366 e. The van der Waals surface area contributed by atoms with Crippen molar-refractivity contribution in [2.24, 2.45) is 5.73 Å². The molecule has 0 atom stereocenters. The van der Waals surface area contributed by atoms with Crippen LogP contribution in [0.4, 0.5) is 19.0 Å². The van der Waals surface area contributed by atoms with Crippen LogP contribution in [-0.2, 0) is 11.2 Å². The number of hydroxylamine groups is 1. The molecule has 24 heavy (non-hydrogen) atoms. The molecule has 2 aromatic rings. The predicted molar refractivity (Wildman–Crippen MR) is 76.5 cm³/mol. The number of carbonyl (C=O) groups is 2. The number of nitrogens with two attached hydrogens (primary N) is 1. The summed E-state index contributed by atoms with van der Waals surface area (Å²) in [4.78, 5) is 26.4. The number of amides is 2. The van der Waals surface area contributed by atoms with Crippen molar-refractivity contribution in [2.75, 3.05) is 11.9 Å². The van der Waals surface area contributed by atoms with Gasteiger partial charge in [-0.2, -0.15) is 13.2 Å². The molecular weight excluding hydrogens is 331 g/mol. The van der Waals surface area contributed by atoms with E-state index in [2.05, 4.69) is 10.3 Å². The molecule has 2 amide bonds. The number of alkyl halides is 3. The van der Waals surface area contributed by atoms with Crippen molar-refractivity contribution in [3.8, 4) is 0 Å². The zero-order valence-electron chi connectivity index (χ0n) is 12.2. The van der Waals surface area contributed by atoms with Gasteiger partial charge in [0.05, 0.1) is 17.8 Å². The molecule has 2 aromatic heterocycles. The molecule has 5 N–H and O–H groups in total. The van der Waals surface area contributed by atoms with Gasteiger partial charge >= 0.3 is 6.18 Å². The van der Waals surface area contributed by atoms with Crippen LogP contribution in [-0.4, -0.2) is 39.1 Å². The van der Waals surface area contributed by atoms with Crippen LogP contribution in [0.25, 0.3) is 5.65 Å². The predicted octanol–water partition coefficient (Wildman–Crippen LogP) is 0.845. The van der Waals surface area contributed by atoms with E-state index < -0.39 is 30.8 Å². The number of hydrogen-bond acceptors (Lipinski definition) is 5. The molecule has 0 spiro atoms. The van der Waals surface area contributed by atoms with E-state index in [9.17, 15) is 22.8 Å². The van der Waals surface area contributed by atoms with Crippen molar-refractivity contribution in [1.29, 1.82) is 0 Å². The molecule has 0 radical (unpaired) electrons. The summed E-state index contributed by atoms with van der Waals surface area (Å²) in [6.45, 7) is -0.387. The molecule has 11 heteroatoms. The highest BCUT2D eigenvalue weighted by Gasteiger charge is 2.28. The Morgan fingerprint density at radius 2 is 2.04 bits per heavy atom. The van der Waals surface area contributed by atoms with Gasteiger partial charge in [0.1, 0.15) is 11.5 Å². The van der Waals surface area contributed by atoms with Gasteiger partial charge in [0.25, 0.3) is 5.91 Å². The second-order valence-corrected chi connectivity index (χ2v) is 4.92. The molecule has 0 bridgehead atoms. The number of halogens is 3. The second kappa shape index (κ2) is 6.74. The van der Waals surface area contributed by atoms with Crippen LogP contribution in [0.3, 0.4) is 0 Å². The first kappa shape index (κ1) is 17.5. The molecule has 0 fully saturated rings. The molecule has 2 heterocycles. The number of nitrogens with one attached hydrogen (secondary N) is 2. The Balaban J connectivity index is 2.42. The number of imidazole rings is 1. The van der Waals surface area contributed by atoms with Crippen LogP contribution < -0.4 is 16.5 Å². The number of aromatic nitrogens is 2. The fourth-order valence-electron chi connectivity index (χ4n) is 2.08. The summed E-state index contributed by atoms with van der Waals surface area (Å²) in [6, 6.07) is 2.82. The summed E-state index contributed by atoms with van der Waals surface area (Å²) in [5.41, 5.74) is 7.09. The second-order valence-electron chi connectivity index (χ2n) is 4.92. The van der Waals surface area contributed by atoms with Crippen molar-refractivity contribution in [3.63, 3.8) is 0 Å². The van der Waals surface area contributed by atoms with Crippen molar-refractivity contribution in [2.45, 2.75) is 19.0 Å². The summed E-state index contributed by atoms with van der Waals surface area (Å²) >= 11 is 0. The van der Waals surface area contributed by atoms with E-state index in [4.69, 9.17) is 10.9 Å². The molecule has 0 aliphatic carbocycles. The van der Waals surface area contributed by atoms with Gasteiger partial charge in [-0.15, -0.1) is 0 Å². The number of hydrogen-bond donors (Lipinski definition) is 4. The maximum atomic E-state index is 12.5. The van der Waals surface area contributed by atoms with E-state index in [1.54, 1.807) is 0 Å². The summed E-state index contributed by atoms with van der Waals surface area (Å²) < 4.78 is 38.9. The Labute approximate surface area is 133 Å². The first-order valence-corrected chi connectivity index (χ1v) is 6.75. The number of anilines is 1. The van der Waals surface area contributed by atoms with E-state index in [1.165, 1.54) is 28.2 Å². The Morgan fingerprint density at radius 3 is 2.62 bits per heavy atom.